The number of hydrogen-bond donors (Lipinski definition) is 1. The van der Waals surface area contributed by atoms with Crippen molar-refractivity contribution in [1.29, 1.82) is 0 Å². The van der Waals surface area contributed by atoms with E-state index >= 15 is 0 Å². The molecule has 1 heterocycles. The Bertz CT molecular complexity index is 520. The Morgan fingerprint density at radius 3 is 2.44 bits per heavy atom. The highest BCUT2D eigenvalue weighted by molar-refractivity contribution is 5.52. The first-order valence-electron chi connectivity index (χ1n) is 5.57. The molecule has 0 aliphatic rings. The molecule has 0 amide bonds. The molecule has 1 aromatic carbocycles. The number of halogens is 2. The van der Waals surface area contributed by atoms with Gasteiger partial charge in [-0.15, -0.1) is 10.2 Å². The molecule has 0 saturated carbocycles. The lowest BCUT2D eigenvalue weighted by Gasteiger charge is -2.03. The third-order valence-electron chi connectivity index (χ3n) is 2.24. The Hall–Kier alpha value is -1.82. The molecule has 0 unspecified atom stereocenters. The minimum atomic E-state index is -0.676. The molecule has 96 valence electrons. The average Bonchev–Trinajstić information content (AvgIpc) is 2.73. The summed E-state index contributed by atoms with van der Waals surface area (Å²) in [5.41, 5.74) is 0.232. The van der Waals surface area contributed by atoms with Crippen LogP contribution >= 0.6 is 0 Å². The van der Waals surface area contributed by atoms with E-state index < -0.39 is 11.6 Å². The summed E-state index contributed by atoms with van der Waals surface area (Å²) in [6, 6.07) is 3.38. The smallest absolute Gasteiger partial charge is 0.248 e. The molecule has 1 N–H and O–H groups in total. The summed E-state index contributed by atoms with van der Waals surface area (Å²) >= 11 is 0. The molecule has 0 fully saturated rings. The van der Waals surface area contributed by atoms with Gasteiger partial charge in [0.1, 0.15) is 11.6 Å². The van der Waals surface area contributed by atoms with Crippen LogP contribution in [0.5, 0.6) is 0 Å². The molecule has 0 radical (unpaired) electrons. The van der Waals surface area contributed by atoms with Gasteiger partial charge in [0.25, 0.3) is 0 Å². The van der Waals surface area contributed by atoms with Gasteiger partial charge in [0.15, 0.2) is 0 Å². The van der Waals surface area contributed by atoms with Crippen molar-refractivity contribution in [2.45, 2.75) is 26.4 Å². The summed E-state index contributed by atoms with van der Waals surface area (Å²) in [4.78, 5) is 0. The molecule has 0 bridgehead atoms. The summed E-state index contributed by atoms with van der Waals surface area (Å²) in [5.74, 6) is -0.868. The normalized spacial score (nSPS) is 11.2. The van der Waals surface area contributed by atoms with Crippen LogP contribution in [-0.4, -0.2) is 16.2 Å². The molecule has 18 heavy (non-hydrogen) atoms. The molecule has 2 rings (SSSR count). The highest BCUT2D eigenvalue weighted by atomic mass is 19.1. The minimum absolute atomic E-state index is 0.106. The zero-order chi connectivity index (χ0) is 13.1. The Morgan fingerprint density at radius 1 is 1.17 bits per heavy atom. The monoisotopic (exact) mass is 253 g/mol. The lowest BCUT2D eigenvalue weighted by molar-refractivity contribution is 0.458. The van der Waals surface area contributed by atoms with Crippen molar-refractivity contribution in [2.75, 3.05) is 0 Å². The number of aromatic nitrogens is 2. The van der Waals surface area contributed by atoms with E-state index in [-0.39, 0.29) is 17.5 Å². The lowest BCUT2D eigenvalue weighted by atomic mass is 10.2. The van der Waals surface area contributed by atoms with Gasteiger partial charge in [0.05, 0.1) is 6.54 Å². The SMILES string of the molecule is CC(C)NCc1nnc(-c2cc(F)cc(F)c2)o1. The quantitative estimate of drug-likeness (QED) is 0.909. The molecular weight excluding hydrogens is 240 g/mol. The van der Waals surface area contributed by atoms with E-state index in [1.165, 1.54) is 0 Å². The number of nitrogens with zero attached hydrogens (tertiary/aromatic N) is 2. The van der Waals surface area contributed by atoms with Crippen LogP contribution in [0.4, 0.5) is 8.78 Å². The Balaban J connectivity index is 2.18. The first-order chi connectivity index (χ1) is 8.54. The van der Waals surface area contributed by atoms with Gasteiger partial charge in [0, 0.05) is 17.7 Å². The second-order valence-electron chi connectivity index (χ2n) is 4.19. The van der Waals surface area contributed by atoms with Crippen LogP contribution < -0.4 is 5.32 Å². The molecule has 0 aliphatic carbocycles. The standard InChI is InChI=1S/C12H13F2N3O/c1-7(2)15-6-11-16-17-12(18-11)8-3-9(13)5-10(14)4-8/h3-5,7,15H,6H2,1-2H3. The largest absolute Gasteiger partial charge is 0.419 e. The number of rotatable bonds is 4. The first kappa shape index (κ1) is 12.6. The number of benzene rings is 1. The maximum Gasteiger partial charge on any atom is 0.248 e. The Kier molecular flexibility index (Phi) is 3.66. The van der Waals surface area contributed by atoms with Crippen molar-refractivity contribution in [3.8, 4) is 11.5 Å². The van der Waals surface area contributed by atoms with E-state index in [0.29, 0.717) is 12.4 Å². The van der Waals surface area contributed by atoms with Crippen LogP contribution in [-0.2, 0) is 6.54 Å². The molecule has 0 atom stereocenters. The zero-order valence-corrected chi connectivity index (χ0v) is 10.1. The molecule has 2 aromatic rings. The molecule has 0 spiro atoms. The Labute approximate surface area is 103 Å². The van der Waals surface area contributed by atoms with Gasteiger partial charge in [0.2, 0.25) is 11.8 Å². The van der Waals surface area contributed by atoms with Gasteiger partial charge in [-0.3, -0.25) is 0 Å². The van der Waals surface area contributed by atoms with Crippen LogP contribution in [0.3, 0.4) is 0 Å². The Morgan fingerprint density at radius 2 is 1.83 bits per heavy atom. The molecule has 6 heteroatoms. The molecular formula is C12H13F2N3O. The predicted octanol–water partition coefficient (Wildman–Crippen LogP) is 2.51. The van der Waals surface area contributed by atoms with Crippen LogP contribution in [0.1, 0.15) is 19.7 Å². The van der Waals surface area contributed by atoms with Gasteiger partial charge in [-0.2, -0.15) is 0 Å². The van der Waals surface area contributed by atoms with Crippen LogP contribution in [0.15, 0.2) is 22.6 Å². The van der Waals surface area contributed by atoms with E-state index in [1.807, 2.05) is 13.8 Å². The predicted molar refractivity (Wildman–Crippen MR) is 61.6 cm³/mol. The van der Waals surface area contributed by atoms with Crippen LogP contribution in [0.25, 0.3) is 11.5 Å². The van der Waals surface area contributed by atoms with Gasteiger partial charge < -0.3 is 9.73 Å². The van der Waals surface area contributed by atoms with Gasteiger partial charge in [-0.1, -0.05) is 13.8 Å². The summed E-state index contributed by atoms with van der Waals surface area (Å²) in [6.07, 6.45) is 0. The lowest BCUT2D eigenvalue weighted by Crippen LogP contribution is -2.21. The third-order valence-corrected chi connectivity index (χ3v) is 2.24. The molecule has 0 aliphatic heterocycles. The molecule has 1 aromatic heterocycles. The minimum Gasteiger partial charge on any atom is -0.419 e. The maximum atomic E-state index is 13.0. The fraction of sp³-hybridized carbons (Fsp3) is 0.333. The first-order valence-corrected chi connectivity index (χ1v) is 5.57. The summed E-state index contributed by atoms with van der Waals surface area (Å²) in [6.45, 7) is 4.39. The van der Waals surface area contributed by atoms with Crippen molar-refractivity contribution in [1.82, 2.24) is 15.5 Å². The van der Waals surface area contributed by atoms with E-state index in [0.717, 1.165) is 18.2 Å². The average molecular weight is 253 g/mol. The van der Waals surface area contributed by atoms with E-state index in [9.17, 15) is 8.78 Å². The maximum absolute atomic E-state index is 13.0. The second kappa shape index (κ2) is 5.22. The fourth-order valence-electron chi connectivity index (χ4n) is 1.41. The number of hydrogen-bond acceptors (Lipinski definition) is 4. The van der Waals surface area contributed by atoms with Crippen molar-refractivity contribution >= 4 is 0 Å². The fourth-order valence-corrected chi connectivity index (χ4v) is 1.41. The summed E-state index contributed by atoms with van der Waals surface area (Å²) in [5, 5.41) is 10.7. The van der Waals surface area contributed by atoms with Gasteiger partial charge in [-0.25, -0.2) is 8.78 Å². The molecule has 4 nitrogen and oxygen atoms in total. The summed E-state index contributed by atoms with van der Waals surface area (Å²) < 4.78 is 31.4. The van der Waals surface area contributed by atoms with Crippen molar-refractivity contribution in [3.63, 3.8) is 0 Å². The topological polar surface area (TPSA) is 51.0 Å². The van der Waals surface area contributed by atoms with E-state index in [4.69, 9.17) is 4.42 Å². The highest BCUT2D eigenvalue weighted by Gasteiger charge is 2.11. The highest BCUT2D eigenvalue weighted by Crippen LogP contribution is 2.20. The van der Waals surface area contributed by atoms with Gasteiger partial charge in [-0.05, 0) is 12.1 Å². The van der Waals surface area contributed by atoms with E-state index in [2.05, 4.69) is 15.5 Å². The van der Waals surface area contributed by atoms with Gasteiger partial charge >= 0.3 is 0 Å². The zero-order valence-electron chi connectivity index (χ0n) is 10.1. The van der Waals surface area contributed by atoms with Crippen molar-refractivity contribution < 1.29 is 13.2 Å². The summed E-state index contributed by atoms with van der Waals surface area (Å²) in [7, 11) is 0. The van der Waals surface area contributed by atoms with Crippen LogP contribution in [0, 0.1) is 11.6 Å². The second-order valence-corrected chi connectivity index (χ2v) is 4.19. The third kappa shape index (κ3) is 3.10. The van der Waals surface area contributed by atoms with Crippen LogP contribution in [0.2, 0.25) is 0 Å². The van der Waals surface area contributed by atoms with Crippen molar-refractivity contribution in [3.05, 3.63) is 35.7 Å². The van der Waals surface area contributed by atoms with E-state index in [1.54, 1.807) is 0 Å². The number of nitrogens with one attached hydrogen (secondary N) is 1. The molecule has 0 saturated heterocycles. The van der Waals surface area contributed by atoms with Crippen molar-refractivity contribution in [2.24, 2.45) is 0 Å².